The zero-order valence-electron chi connectivity index (χ0n) is 19.2. The predicted octanol–water partition coefficient (Wildman–Crippen LogP) is 3.91. The van der Waals surface area contributed by atoms with Crippen LogP contribution in [0.2, 0.25) is 0 Å². The molecule has 3 rings (SSSR count). The van der Waals surface area contributed by atoms with Gasteiger partial charge in [0.2, 0.25) is 5.75 Å². The highest BCUT2D eigenvalue weighted by Crippen LogP contribution is 2.38. The van der Waals surface area contributed by atoms with Crippen LogP contribution in [0.5, 0.6) is 28.7 Å². The largest absolute Gasteiger partial charge is 0.497 e. The standard InChI is InChI=1S/C25H26N2O6/c1-29-19-10-6-16(7-11-19)23(17-8-12-20(30-2)13-9-17)26-27-25(28)18-14-21(31-3)24(33-5)22(15-18)32-4/h6-15H,1-5H3,(H,27,28). The fraction of sp³-hybridized carbons (Fsp3) is 0.200. The quantitative estimate of drug-likeness (QED) is 0.393. The number of carbonyl (C=O) groups excluding carboxylic acids is 1. The maximum atomic E-state index is 12.9. The summed E-state index contributed by atoms with van der Waals surface area (Å²) in [6.45, 7) is 0. The lowest BCUT2D eigenvalue weighted by Crippen LogP contribution is -2.21. The molecule has 172 valence electrons. The van der Waals surface area contributed by atoms with Crippen molar-refractivity contribution in [3.05, 3.63) is 77.4 Å². The number of nitrogens with zero attached hydrogens (tertiary/aromatic N) is 1. The molecule has 0 aromatic heterocycles. The van der Waals surface area contributed by atoms with Gasteiger partial charge >= 0.3 is 0 Å². The van der Waals surface area contributed by atoms with Gasteiger partial charge in [0.15, 0.2) is 11.5 Å². The van der Waals surface area contributed by atoms with Crippen LogP contribution in [0.1, 0.15) is 21.5 Å². The van der Waals surface area contributed by atoms with Crippen molar-refractivity contribution < 1.29 is 28.5 Å². The molecule has 0 aliphatic rings. The normalized spacial score (nSPS) is 10.1. The molecular formula is C25H26N2O6. The van der Waals surface area contributed by atoms with Crippen LogP contribution in [-0.4, -0.2) is 47.2 Å². The molecule has 0 saturated carbocycles. The molecule has 0 aliphatic heterocycles. The van der Waals surface area contributed by atoms with Crippen molar-refractivity contribution >= 4 is 11.6 Å². The molecule has 33 heavy (non-hydrogen) atoms. The lowest BCUT2D eigenvalue weighted by atomic mass is 10.0. The third-order valence-corrected chi connectivity index (χ3v) is 4.92. The number of methoxy groups -OCH3 is 5. The average molecular weight is 450 g/mol. The molecular weight excluding hydrogens is 424 g/mol. The molecule has 0 fully saturated rings. The Hall–Kier alpha value is -4.20. The smallest absolute Gasteiger partial charge is 0.271 e. The average Bonchev–Trinajstić information content (AvgIpc) is 2.88. The van der Waals surface area contributed by atoms with Crippen LogP contribution in [0.4, 0.5) is 0 Å². The number of hydrogen-bond acceptors (Lipinski definition) is 7. The van der Waals surface area contributed by atoms with E-state index in [9.17, 15) is 4.79 Å². The first-order valence-corrected chi connectivity index (χ1v) is 10.0. The fourth-order valence-electron chi connectivity index (χ4n) is 3.18. The number of carbonyl (C=O) groups is 1. The second-order valence-corrected chi connectivity index (χ2v) is 6.77. The summed E-state index contributed by atoms with van der Waals surface area (Å²) >= 11 is 0. The Bertz CT molecular complexity index is 1050. The minimum atomic E-state index is -0.436. The molecule has 8 nitrogen and oxygen atoms in total. The highest BCUT2D eigenvalue weighted by Gasteiger charge is 2.17. The Morgan fingerprint density at radius 3 is 1.45 bits per heavy atom. The van der Waals surface area contributed by atoms with Crippen molar-refractivity contribution in [3.63, 3.8) is 0 Å². The van der Waals surface area contributed by atoms with E-state index in [2.05, 4.69) is 10.5 Å². The minimum Gasteiger partial charge on any atom is -0.497 e. The van der Waals surface area contributed by atoms with Gasteiger partial charge in [-0.3, -0.25) is 4.79 Å². The molecule has 0 radical (unpaired) electrons. The number of ether oxygens (including phenoxy) is 5. The summed E-state index contributed by atoms with van der Waals surface area (Å²) in [5.41, 5.74) is 5.10. The first-order chi connectivity index (χ1) is 16.0. The van der Waals surface area contributed by atoms with E-state index < -0.39 is 5.91 Å². The zero-order chi connectivity index (χ0) is 23.8. The van der Waals surface area contributed by atoms with Gasteiger partial charge in [0.05, 0.1) is 41.3 Å². The van der Waals surface area contributed by atoms with Crippen LogP contribution in [0, 0.1) is 0 Å². The molecule has 0 bridgehead atoms. The lowest BCUT2D eigenvalue weighted by molar-refractivity contribution is 0.0954. The molecule has 0 spiro atoms. The van der Waals surface area contributed by atoms with Gasteiger partial charge in [-0.25, -0.2) is 5.43 Å². The molecule has 0 saturated heterocycles. The van der Waals surface area contributed by atoms with Gasteiger partial charge in [0.25, 0.3) is 5.91 Å². The molecule has 8 heteroatoms. The Morgan fingerprint density at radius 2 is 1.09 bits per heavy atom. The number of nitrogens with one attached hydrogen (secondary N) is 1. The number of hydrogen-bond donors (Lipinski definition) is 1. The summed E-state index contributed by atoms with van der Waals surface area (Å²) in [4.78, 5) is 12.9. The lowest BCUT2D eigenvalue weighted by Gasteiger charge is -2.14. The van der Waals surface area contributed by atoms with Crippen LogP contribution >= 0.6 is 0 Å². The Balaban J connectivity index is 1.97. The van der Waals surface area contributed by atoms with Crippen molar-refractivity contribution in [1.82, 2.24) is 5.43 Å². The maximum absolute atomic E-state index is 12.9. The van der Waals surface area contributed by atoms with Gasteiger partial charge in [-0.15, -0.1) is 0 Å². The highest BCUT2D eigenvalue weighted by molar-refractivity contribution is 6.13. The second kappa shape index (κ2) is 10.9. The third-order valence-electron chi connectivity index (χ3n) is 4.92. The van der Waals surface area contributed by atoms with E-state index in [0.29, 0.717) is 40.0 Å². The second-order valence-electron chi connectivity index (χ2n) is 6.77. The summed E-state index contributed by atoms with van der Waals surface area (Å²) in [7, 11) is 7.68. The van der Waals surface area contributed by atoms with Gasteiger partial charge in [0, 0.05) is 16.7 Å². The minimum absolute atomic E-state index is 0.303. The molecule has 0 aliphatic carbocycles. The molecule has 3 aromatic carbocycles. The van der Waals surface area contributed by atoms with E-state index in [1.165, 1.54) is 21.3 Å². The van der Waals surface area contributed by atoms with Gasteiger partial charge in [-0.05, 0) is 60.7 Å². The van der Waals surface area contributed by atoms with E-state index in [1.807, 2.05) is 48.5 Å². The molecule has 3 aromatic rings. The Kier molecular flexibility index (Phi) is 7.75. The number of amides is 1. The van der Waals surface area contributed by atoms with Crippen molar-refractivity contribution in [2.24, 2.45) is 5.10 Å². The molecule has 1 amide bonds. The van der Waals surface area contributed by atoms with E-state index >= 15 is 0 Å². The Labute approximate surface area is 192 Å². The van der Waals surface area contributed by atoms with Crippen LogP contribution in [0.15, 0.2) is 65.8 Å². The molecule has 0 heterocycles. The summed E-state index contributed by atoms with van der Waals surface area (Å²) in [6.07, 6.45) is 0. The van der Waals surface area contributed by atoms with Crippen LogP contribution in [0.3, 0.4) is 0 Å². The van der Waals surface area contributed by atoms with Gasteiger partial charge < -0.3 is 23.7 Å². The number of benzene rings is 3. The predicted molar refractivity (Wildman–Crippen MR) is 125 cm³/mol. The van der Waals surface area contributed by atoms with Crippen molar-refractivity contribution in [2.45, 2.75) is 0 Å². The summed E-state index contributed by atoms with van der Waals surface area (Å²) in [5.74, 6) is 2.14. The summed E-state index contributed by atoms with van der Waals surface area (Å²) < 4.78 is 26.5. The topological polar surface area (TPSA) is 87.6 Å². The van der Waals surface area contributed by atoms with Gasteiger partial charge in [0.1, 0.15) is 11.5 Å². The summed E-state index contributed by atoms with van der Waals surface area (Å²) in [5, 5.41) is 4.43. The molecule has 0 atom stereocenters. The van der Waals surface area contributed by atoms with E-state index in [-0.39, 0.29) is 0 Å². The van der Waals surface area contributed by atoms with Crippen molar-refractivity contribution in [3.8, 4) is 28.7 Å². The highest BCUT2D eigenvalue weighted by atomic mass is 16.5. The first kappa shape index (κ1) is 23.5. The van der Waals surface area contributed by atoms with Gasteiger partial charge in [-0.1, -0.05) is 0 Å². The van der Waals surface area contributed by atoms with Crippen LogP contribution < -0.4 is 29.1 Å². The maximum Gasteiger partial charge on any atom is 0.271 e. The monoisotopic (exact) mass is 450 g/mol. The SMILES string of the molecule is COc1ccc(C(=NNC(=O)c2cc(OC)c(OC)c(OC)c2)c2ccc(OC)cc2)cc1. The molecule has 0 unspecified atom stereocenters. The van der Waals surface area contributed by atoms with E-state index in [1.54, 1.807) is 26.4 Å². The van der Waals surface area contributed by atoms with Crippen molar-refractivity contribution in [1.29, 1.82) is 0 Å². The fourth-order valence-corrected chi connectivity index (χ4v) is 3.18. The van der Waals surface area contributed by atoms with Crippen LogP contribution in [0.25, 0.3) is 0 Å². The van der Waals surface area contributed by atoms with Crippen LogP contribution in [-0.2, 0) is 0 Å². The first-order valence-electron chi connectivity index (χ1n) is 10.0. The van der Waals surface area contributed by atoms with Gasteiger partial charge in [-0.2, -0.15) is 5.10 Å². The zero-order valence-corrected chi connectivity index (χ0v) is 19.2. The number of rotatable bonds is 9. The summed E-state index contributed by atoms with van der Waals surface area (Å²) in [6, 6.07) is 17.9. The number of hydrazone groups is 1. The van der Waals surface area contributed by atoms with Crippen molar-refractivity contribution in [2.75, 3.05) is 35.5 Å². The Morgan fingerprint density at radius 1 is 0.636 bits per heavy atom. The third kappa shape index (κ3) is 5.35. The van der Waals surface area contributed by atoms with E-state index in [0.717, 1.165) is 11.1 Å². The van der Waals surface area contributed by atoms with E-state index in [4.69, 9.17) is 23.7 Å². The molecule has 1 N–H and O–H groups in total.